The first kappa shape index (κ1) is 20.8. The third-order valence-corrected chi connectivity index (χ3v) is 5.41. The Balaban J connectivity index is 1.80. The molecule has 0 unspecified atom stereocenters. The fourth-order valence-electron chi connectivity index (χ4n) is 2.94. The molecule has 3 aromatic rings. The zero-order valence-electron chi connectivity index (χ0n) is 15.9. The normalized spacial score (nSPS) is 10.7. The molecule has 0 saturated heterocycles. The summed E-state index contributed by atoms with van der Waals surface area (Å²) in [7, 11) is 1.61. The molecule has 0 amide bonds. The predicted octanol–water partition coefficient (Wildman–Crippen LogP) is 5.83. The summed E-state index contributed by atoms with van der Waals surface area (Å²) in [5.74, 6) is 1.41. The highest BCUT2D eigenvalue weighted by atomic mass is 32.2. The molecule has 0 radical (unpaired) electrons. The van der Waals surface area contributed by atoms with E-state index in [1.165, 1.54) is 17.8 Å². The number of benzene rings is 2. The van der Waals surface area contributed by atoms with Gasteiger partial charge in [0.15, 0.2) is 0 Å². The lowest BCUT2D eigenvalue weighted by Crippen LogP contribution is -2.03. The van der Waals surface area contributed by atoms with E-state index in [4.69, 9.17) is 4.74 Å². The molecule has 3 rings (SSSR count). The minimum Gasteiger partial charge on any atom is -0.497 e. The van der Waals surface area contributed by atoms with Gasteiger partial charge in [0.2, 0.25) is 0 Å². The predicted molar refractivity (Wildman–Crippen MR) is 111 cm³/mol. The molecule has 0 aliphatic rings. The quantitative estimate of drug-likeness (QED) is 0.439. The van der Waals surface area contributed by atoms with Gasteiger partial charge in [-0.25, -0.2) is 13.8 Å². The van der Waals surface area contributed by atoms with Gasteiger partial charge < -0.3 is 4.74 Å². The van der Waals surface area contributed by atoms with Crippen molar-refractivity contribution in [2.45, 2.75) is 24.3 Å². The van der Waals surface area contributed by atoms with Gasteiger partial charge >= 0.3 is 0 Å². The number of pyridine rings is 1. The van der Waals surface area contributed by atoms with Crippen LogP contribution in [0.15, 0.2) is 65.7 Å². The first-order chi connectivity index (χ1) is 14.1. The van der Waals surface area contributed by atoms with Crippen molar-refractivity contribution < 1.29 is 13.5 Å². The van der Waals surface area contributed by atoms with Crippen molar-refractivity contribution in [3.05, 3.63) is 88.6 Å². The maximum atomic E-state index is 13.6. The van der Waals surface area contributed by atoms with Gasteiger partial charge in [-0.1, -0.05) is 42.5 Å². The van der Waals surface area contributed by atoms with E-state index in [2.05, 4.69) is 4.98 Å². The fraction of sp³-hybridized carbons (Fsp3) is 0.217. The molecule has 0 spiro atoms. The summed E-state index contributed by atoms with van der Waals surface area (Å²) in [6.45, 7) is 0. The molecule has 29 heavy (non-hydrogen) atoms. The van der Waals surface area contributed by atoms with Crippen LogP contribution in [0.3, 0.4) is 0 Å². The van der Waals surface area contributed by atoms with Crippen molar-refractivity contribution >= 4 is 11.8 Å². The number of ether oxygens (including phenoxy) is 1. The van der Waals surface area contributed by atoms with Crippen molar-refractivity contribution in [3.8, 4) is 11.8 Å². The van der Waals surface area contributed by atoms with Crippen molar-refractivity contribution in [3.63, 3.8) is 0 Å². The van der Waals surface area contributed by atoms with Gasteiger partial charge in [-0.3, -0.25) is 0 Å². The largest absolute Gasteiger partial charge is 0.497 e. The van der Waals surface area contributed by atoms with Gasteiger partial charge in [0.1, 0.15) is 16.8 Å². The Labute approximate surface area is 173 Å². The number of halogens is 2. The van der Waals surface area contributed by atoms with Gasteiger partial charge in [-0.2, -0.15) is 5.26 Å². The molecule has 3 nitrogen and oxygen atoms in total. The van der Waals surface area contributed by atoms with Crippen LogP contribution in [0.1, 0.15) is 34.4 Å². The number of aromatic nitrogens is 1. The SMILES string of the molecule is COc1ccc(CCSc2nc(Cc3ccccc3)cc(C(F)F)c2C#N)cc1. The average molecular weight is 410 g/mol. The average Bonchev–Trinajstić information content (AvgIpc) is 2.74. The molecule has 2 aromatic carbocycles. The number of alkyl halides is 2. The topological polar surface area (TPSA) is 45.9 Å². The van der Waals surface area contributed by atoms with E-state index in [9.17, 15) is 14.0 Å². The van der Waals surface area contributed by atoms with Gasteiger partial charge in [-0.05, 0) is 35.7 Å². The molecule has 0 aliphatic heterocycles. The molecule has 0 saturated carbocycles. The molecule has 1 aromatic heterocycles. The van der Waals surface area contributed by atoms with Crippen molar-refractivity contribution in [1.82, 2.24) is 4.98 Å². The molecule has 0 N–H and O–H groups in total. The first-order valence-electron chi connectivity index (χ1n) is 9.12. The molecule has 0 atom stereocenters. The van der Waals surface area contributed by atoms with Crippen LogP contribution in [-0.2, 0) is 12.8 Å². The Hall–Kier alpha value is -2.91. The number of hydrogen-bond donors (Lipinski definition) is 0. The Kier molecular flexibility index (Phi) is 7.20. The van der Waals surface area contributed by atoms with E-state index >= 15 is 0 Å². The minimum atomic E-state index is -2.72. The van der Waals surface area contributed by atoms with Crippen molar-refractivity contribution in [2.75, 3.05) is 12.9 Å². The van der Waals surface area contributed by atoms with Crippen molar-refractivity contribution in [1.29, 1.82) is 5.26 Å². The molecule has 0 bridgehead atoms. The van der Waals surface area contributed by atoms with Crippen LogP contribution in [0.25, 0.3) is 0 Å². The lowest BCUT2D eigenvalue weighted by Gasteiger charge is -2.12. The van der Waals surface area contributed by atoms with Gasteiger partial charge in [0.05, 0.1) is 12.7 Å². The van der Waals surface area contributed by atoms with Gasteiger partial charge in [0, 0.05) is 23.4 Å². The van der Waals surface area contributed by atoms with Crippen LogP contribution in [0, 0.1) is 11.3 Å². The van der Waals surface area contributed by atoms with Crippen molar-refractivity contribution in [2.24, 2.45) is 0 Å². The summed E-state index contributed by atoms with van der Waals surface area (Å²) < 4.78 is 32.3. The Morgan fingerprint density at radius 3 is 2.41 bits per heavy atom. The summed E-state index contributed by atoms with van der Waals surface area (Å²) in [6.07, 6.45) is -1.55. The van der Waals surface area contributed by atoms with E-state index in [-0.39, 0.29) is 11.1 Å². The lowest BCUT2D eigenvalue weighted by molar-refractivity contribution is 0.150. The third kappa shape index (κ3) is 5.55. The molecule has 148 valence electrons. The zero-order chi connectivity index (χ0) is 20.6. The minimum absolute atomic E-state index is 0.0310. The smallest absolute Gasteiger partial charge is 0.265 e. The molecule has 1 heterocycles. The highest BCUT2D eigenvalue weighted by molar-refractivity contribution is 7.99. The summed E-state index contributed by atoms with van der Waals surface area (Å²) in [5, 5.41) is 9.82. The fourth-order valence-corrected chi connectivity index (χ4v) is 3.96. The highest BCUT2D eigenvalue weighted by Crippen LogP contribution is 2.31. The number of nitrogens with zero attached hydrogens (tertiary/aromatic N) is 2. The summed E-state index contributed by atoms with van der Waals surface area (Å²) >= 11 is 1.33. The van der Waals surface area contributed by atoms with Gasteiger partial charge in [-0.15, -0.1) is 11.8 Å². The number of methoxy groups -OCH3 is 1. The highest BCUT2D eigenvalue weighted by Gasteiger charge is 2.20. The Bertz CT molecular complexity index is 986. The number of aryl methyl sites for hydroxylation is 1. The number of nitriles is 1. The van der Waals surface area contributed by atoms with Gasteiger partial charge in [0.25, 0.3) is 6.43 Å². The Morgan fingerprint density at radius 1 is 1.07 bits per heavy atom. The molecular formula is C23H20F2N2OS. The van der Waals surface area contributed by atoms with E-state index in [1.54, 1.807) is 7.11 Å². The first-order valence-corrected chi connectivity index (χ1v) is 10.1. The molecule has 0 fully saturated rings. The maximum absolute atomic E-state index is 13.6. The second kappa shape index (κ2) is 10.0. The van der Waals surface area contributed by atoms with E-state index < -0.39 is 6.43 Å². The van der Waals surface area contributed by atoms with E-state index in [0.29, 0.717) is 22.9 Å². The second-order valence-electron chi connectivity index (χ2n) is 6.40. The number of rotatable bonds is 8. The van der Waals surface area contributed by atoms with Crippen LogP contribution in [0.4, 0.5) is 8.78 Å². The number of thioether (sulfide) groups is 1. The Morgan fingerprint density at radius 2 is 1.79 bits per heavy atom. The molecule has 0 aliphatic carbocycles. The third-order valence-electron chi connectivity index (χ3n) is 4.43. The summed E-state index contributed by atoms with van der Waals surface area (Å²) in [5.41, 5.74) is 2.35. The van der Waals surface area contributed by atoms with Crippen LogP contribution < -0.4 is 4.74 Å². The van der Waals surface area contributed by atoms with E-state index in [1.807, 2.05) is 60.7 Å². The molecule has 6 heteroatoms. The maximum Gasteiger partial charge on any atom is 0.265 e. The van der Waals surface area contributed by atoms with Crippen LogP contribution >= 0.6 is 11.8 Å². The summed E-state index contributed by atoms with van der Waals surface area (Å²) in [6, 6.07) is 20.5. The standard InChI is InChI=1S/C23H20F2N2OS/c1-28-19-9-7-16(8-10-19)11-12-29-23-21(15-26)20(22(24)25)14-18(27-23)13-17-5-3-2-4-6-17/h2-10,14,22H,11-13H2,1H3. The van der Waals surface area contributed by atoms with Crippen LogP contribution in [-0.4, -0.2) is 17.8 Å². The lowest BCUT2D eigenvalue weighted by atomic mass is 10.1. The summed E-state index contributed by atoms with van der Waals surface area (Å²) in [4.78, 5) is 4.53. The number of hydrogen-bond acceptors (Lipinski definition) is 4. The van der Waals surface area contributed by atoms with Crippen LogP contribution in [0.5, 0.6) is 5.75 Å². The van der Waals surface area contributed by atoms with E-state index in [0.717, 1.165) is 23.3 Å². The second-order valence-corrected chi connectivity index (χ2v) is 7.49. The monoisotopic (exact) mass is 410 g/mol. The molecular weight excluding hydrogens is 390 g/mol. The van der Waals surface area contributed by atoms with Crippen LogP contribution in [0.2, 0.25) is 0 Å². The zero-order valence-corrected chi connectivity index (χ0v) is 16.8.